The Bertz CT molecular complexity index is 487. The SMILES string of the molecule is C[C@@H](CC(=O)[C@H]1[C@@H](C)C=CCC1(C)C)NCc1ccco1. The molecule has 1 aromatic rings. The van der Waals surface area contributed by atoms with Crippen LogP contribution in [0.25, 0.3) is 0 Å². The smallest absolute Gasteiger partial charge is 0.138 e. The highest BCUT2D eigenvalue weighted by atomic mass is 16.3. The average molecular weight is 289 g/mol. The molecule has 1 heterocycles. The Morgan fingerprint density at radius 3 is 2.90 bits per heavy atom. The Hall–Kier alpha value is -1.35. The molecule has 1 aliphatic rings. The lowest BCUT2D eigenvalue weighted by Crippen LogP contribution is -2.40. The summed E-state index contributed by atoms with van der Waals surface area (Å²) in [5.41, 5.74) is 0.0615. The maximum atomic E-state index is 12.7. The van der Waals surface area contributed by atoms with Gasteiger partial charge in [0.25, 0.3) is 0 Å². The second-order valence-electron chi connectivity index (χ2n) is 6.99. The van der Waals surface area contributed by atoms with E-state index in [0.29, 0.717) is 24.7 Å². The Kier molecular flexibility index (Phi) is 5.04. The fourth-order valence-electron chi connectivity index (χ4n) is 3.45. The van der Waals surface area contributed by atoms with Crippen LogP contribution in [0.4, 0.5) is 0 Å². The summed E-state index contributed by atoms with van der Waals surface area (Å²) in [6.45, 7) is 9.30. The third-order valence-electron chi connectivity index (χ3n) is 4.51. The minimum absolute atomic E-state index is 0.0615. The third kappa shape index (κ3) is 4.07. The van der Waals surface area contributed by atoms with Crippen molar-refractivity contribution in [1.82, 2.24) is 5.32 Å². The Labute approximate surface area is 127 Å². The van der Waals surface area contributed by atoms with Gasteiger partial charge >= 0.3 is 0 Å². The molecule has 1 aromatic heterocycles. The van der Waals surface area contributed by atoms with Crippen LogP contribution in [0, 0.1) is 17.3 Å². The van der Waals surface area contributed by atoms with Gasteiger partial charge in [-0.05, 0) is 36.8 Å². The van der Waals surface area contributed by atoms with Crippen molar-refractivity contribution < 1.29 is 9.21 Å². The van der Waals surface area contributed by atoms with Gasteiger partial charge in [0.05, 0.1) is 12.8 Å². The van der Waals surface area contributed by atoms with E-state index in [1.54, 1.807) is 6.26 Å². The van der Waals surface area contributed by atoms with Crippen LogP contribution >= 0.6 is 0 Å². The minimum atomic E-state index is 0.0615. The van der Waals surface area contributed by atoms with E-state index in [9.17, 15) is 4.79 Å². The van der Waals surface area contributed by atoms with E-state index in [1.165, 1.54) is 0 Å². The number of allylic oxidation sites excluding steroid dienone is 2. The summed E-state index contributed by atoms with van der Waals surface area (Å²) in [5, 5.41) is 3.36. The first kappa shape index (κ1) is 16.0. The van der Waals surface area contributed by atoms with E-state index in [2.05, 4.69) is 45.2 Å². The quantitative estimate of drug-likeness (QED) is 0.806. The highest BCUT2D eigenvalue weighted by molar-refractivity contribution is 5.83. The van der Waals surface area contributed by atoms with Crippen LogP contribution in [-0.2, 0) is 11.3 Å². The zero-order valence-electron chi connectivity index (χ0n) is 13.6. The van der Waals surface area contributed by atoms with E-state index in [-0.39, 0.29) is 17.4 Å². The maximum absolute atomic E-state index is 12.7. The number of furan rings is 1. The summed E-state index contributed by atoms with van der Waals surface area (Å²) in [4.78, 5) is 12.7. The second kappa shape index (κ2) is 6.61. The van der Waals surface area contributed by atoms with Gasteiger partial charge in [0.2, 0.25) is 0 Å². The average Bonchev–Trinajstić information content (AvgIpc) is 2.88. The fraction of sp³-hybridized carbons (Fsp3) is 0.611. The van der Waals surface area contributed by atoms with E-state index < -0.39 is 0 Å². The Morgan fingerprint density at radius 1 is 1.52 bits per heavy atom. The standard InChI is InChI=1S/C18H27NO2/c1-13-7-5-9-18(3,4)17(13)16(20)11-14(2)19-12-15-8-6-10-21-15/h5-8,10,13-14,17,19H,9,11-12H2,1-4H3/t13-,14-,17+/m0/s1. The molecule has 1 aliphatic carbocycles. The Balaban J connectivity index is 1.89. The number of hydrogen-bond donors (Lipinski definition) is 1. The monoisotopic (exact) mass is 289 g/mol. The summed E-state index contributed by atoms with van der Waals surface area (Å²) < 4.78 is 5.30. The number of Topliss-reactive ketones (excluding diaryl/α,β-unsaturated/α-hetero) is 1. The summed E-state index contributed by atoms with van der Waals surface area (Å²) in [6.07, 6.45) is 7.64. The molecule has 3 nitrogen and oxygen atoms in total. The molecule has 0 saturated heterocycles. The molecule has 0 aliphatic heterocycles. The molecule has 0 unspecified atom stereocenters. The number of carbonyl (C=O) groups is 1. The van der Waals surface area contributed by atoms with E-state index >= 15 is 0 Å². The molecule has 0 amide bonds. The topological polar surface area (TPSA) is 42.2 Å². The zero-order chi connectivity index (χ0) is 15.5. The van der Waals surface area contributed by atoms with Crippen molar-refractivity contribution in [2.45, 2.75) is 53.1 Å². The Morgan fingerprint density at radius 2 is 2.29 bits per heavy atom. The number of rotatable bonds is 6. The second-order valence-corrected chi connectivity index (χ2v) is 6.99. The van der Waals surface area contributed by atoms with Gasteiger partial charge in [-0.2, -0.15) is 0 Å². The van der Waals surface area contributed by atoms with Crippen LogP contribution < -0.4 is 5.32 Å². The van der Waals surface area contributed by atoms with E-state index in [4.69, 9.17) is 4.42 Å². The van der Waals surface area contributed by atoms with Crippen molar-refractivity contribution in [2.24, 2.45) is 17.3 Å². The van der Waals surface area contributed by atoms with Crippen LogP contribution in [-0.4, -0.2) is 11.8 Å². The summed E-state index contributed by atoms with van der Waals surface area (Å²) in [6, 6.07) is 3.99. The molecule has 3 atom stereocenters. The van der Waals surface area contributed by atoms with Crippen LogP contribution in [0.2, 0.25) is 0 Å². The number of nitrogens with one attached hydrogen (secondary N) is 1. The minimum Gasteiger partial charge on any atom is -0.468 e. The molecule has 21 heavy (non-hydrogen) atoms. The lowest BCUT2D eigenvalue weighted by atomic mass is 9.65. The van der Waals surface area contributed by atoms with Gasteiger partial charge in [-0.1, -0.05) is 32.9 Å². The summed E-state index contributed by atoms with van der Waals surface area (Å²) >= 11 is 0. The normalized spacial score (nSPS) is 25.7. The highest BCUT2D eigenvalue weighted by Gasteiger charge is 2.39. The molecule has 2 rings (SSSR count). The van der Waals surface area contributed by atoms with Crippen molar-refractivity contribution >= 4 is 5.78 Å². The van der Waals surface area contributed by atoms with Gasteiger partial charge in [-0.15, -0.1) is 0 Å². The molecule has 116 valence electrons. The number of ketones is 1. The largest absolute Gasteiger partial charge is 0.468 e. The highest BCUT2D eigenvalue weighted by Crippen LogP contribution is 2.41. The molecule has 3 heteroatoms. The molecule has 1 N–H and O–H groups in total. The van der Waals surface area contributed by atoms with Gasteiger partial charge in [0, 0.05) is 18.4 Å². The van der Waals surface area contributed by atoms with Crippen molar-refractivity contribution in [2.75, 3.05) is 0 Å². The molecular weight excluding hydrogens is 262 g/mol. The molecular formula is C18H27NO2. The van der Waals surface area contributed by atoms with Gasteiger partial charge in [-0.25, -0.2) is 0 Å². The molecule has 0 saturated carbocycles. The predicted octanol–water partition coefficient (Wildman–Crippen LogP) is 3.96. The predicted molar refractivity (Wildman–Crippen MR) is 84.8 cm³/mol. The van der Waals surface area contributed by atoms with Gasteiger partial charge < -0.3 is 9.73 Å². The van der Waals surface area contributed by atoms with Gasteiger partial charge in [0.1, 0.15) is 11.5 Å². The lowest BCUT2D eigenvalue weighted by Gasteiger charge is -2.39. The number of hydrogen-bond acceptors (Lipinski definition) is 3. The molecule has 0 fully saturated rings. The van der Waals surface area contributed by atoms with Crippen molar-refractivity contribution in [1.29, 1.82) is 0 Å². The van der Waals surface area contributed by atoms with Crippen molar-refractivity contribution in [3.05, 3.63) is 36.3 Å². The number of carbonyl (C=O) groups excluding carboxylic acids is 1. The van der Waals surface area contributed by atoms with Crippen LogP contribution in [0.3, 0.4) is 0 Å². The fourth-order valence-corrected chi connectivity index (χ4v) is 3.45. The molecule has 0 radical (unpaired) electrons. The maximum Gasteiger partial charge on any atom is 0.138 e. The van der Waals surface area contributed by atoms with E-state index in [0.717, 1.165) is 12.2 Å². The molecule has 0 spiro atoms. The van der Waals surface area contributed by atoms with E-state index in [1.807, 2.05) is 12.1 Å². The van der Waals surface area contributed by atoms with Crippen molar-refractivity contribution in [3.8, 4) is 0 Å². The first-order valence-electron chi connectivity index (χ1n) is 7.85. The zero-order valence-corrected chi connectivity index (χ0v) is 13.6. The first-order chi connectivity index (χ1) is 9.90. The summed E-state index contributed by atoms with van der Waals surface area (Å²) in [7, 11) is 0. The molecule has 0 aromatic carbocycles. The van der Waals surface area contributed by atoms with Crippen LogP contribution in [0.15, 0.2) is 35.0 Å². The van der Waals surface area contributed by atoms with Crippen molar-refractivity contribution in [3.63, 3.8) is 0 Å². The van der Waals surface area contributed by atoms with Crippen LogP contribution in [0.5, 0.6) is 0 Å². The first-order valence-corrected chi connectivity index (χ1v) is 7.85. The molecule has 0 bridgehead atoms. The third-order valence-corrected chi connectivity index (χ3v) is 4.51. The van der Waals surface area contributed by atoms with Gasteiger partial charge in [-0.3, -0.25) is 4.79 Å². The van der Waals surface area contributed by atoms with Crippen LogP contribution in [0.1, 0.15) is 46.3 Å². The lowest BCUT2D eigenvalue weighted by molar-refractivity contribution is -0.128. The van der Waals surface area contributed by atoms with Gasteiger partial charge in [0.15, 0.2) is 0 Å². The summed E-state index contributed by atoms with van der Waals surface area (Å²) in [5.74, 6) is 1.73.